The van der Waals surface area contributed by atoms with Crippen molar-refractivity contribution in [3.05, 3.63) is 120 Å². The van der Waals surface area contributed by atoms with Gasteiger partial charge in [-0.25, -0.2) is 0 Å². The lowest BCUT2D eigenvalue weighted by molar-refractivity contribution is 1.57. The molecule has 0 heterocycles. The summed E-state index contributed by atoms with van der Waals surface area (Å²) < 4.78 is 0. The van der Waals surface area contributed by atoms with E-state index in [-0.39, 0.29) is 0 Å². The zero-order chi connectivity index (χ0) is 19.6. The zero-order valence-corrected chi connectivity index (χ0v) is 16.6. The maximum Gasteiger partial charge on any atom is 0.0491 e. The van der Waals surface area contributed by atoms with Gasteiger partial charge in [-0.2, -0.15) is 0 Å². The number of rotatable bonds is 3. The van der Waals surface area contributed by atoms with Crippen molar-refractivity contribution >= 4 is 22.4 Å². The van der Waals surface area contributed by atoms with Crippen LogP contribution < -0.4 is 0 Å². The molecule has 5 rings (SSSR count). The molecule has 0 aliphatic rings. The summed E-state index contributed by atoms with van der Waals surface area (Å²) in [7, 11) is 0. The first-order chi connectivity index (χ1) is 14.3. The Morgan fingerprint density at radius 1 is 0.379 bits per heavy atom. The smallest absolute Gasteiger partial charge is 0.0491 e. The van der Waals surface area contributed by atoms with Gasteiger partial charge in [0.05, 0.1) is 0 Å². The molecule has 29 heavy (non-hydrogen) atoms. The van der Waals surface area contributed by atoms with Gasteiger partial charge in [0, 0.05) is 10.6 Å². The normalized spacial score (nSPS) is 10.9. The Labute approximate surface area is 176 Å². The molecule has 0 aliphatic heterocycles. The number of hydrogen-bond acceptors (Lipinski definition) is 0. The van der Waals surface area contributed by atoms with Crippen molar-refractivity contribution in [1.29, 1.82) is 0 Å². The summed E-state index contributed by atoms with van der Waals surface area (Å²) in [5.74, 6) is 0. The van der Waals surface area contributed by atoms with Crippen LogP contribution in [0, 0.1) is 0 Å². The zero-order valence-electron chi connectivity index (χ0n) is 15.8. The molecule has 0 bridgehead atoms. The molecule has 0 N–H and O–H groups in total. The molecule has 0 aliphatic carbocycles. The highest BCUT2D eigenvalue weighted by Crippen LogP contribution is 2.41. The van der Waals surface area contributed by atoms with Gasteiger partial charge in [-0.1, -0.05) is 115 Å². The number of fused-ring (bicyclic) bond motifs is 1. The molecule has 0 atom stereocenters. The van der Waals surface area contributed by atoms with Crippen LogP contribution in [-0.4, -0.2) is 0 Å². The topological polar surface area (TPSA) is 0 Å². The molecular formula is C28H19Cl. The van der Waals surface area contributed by atoms with Gasteiger partial charge in [-0.15, -0.1) is 0 Å². The number of halogens is 1. The van der Waals surface area contributed by atoms with E-state index in [2.05, 4.69) is 109 Å². The first kappa shape index (κ1) is 17.7. The van der Waals surface area contributed by atoms with Crippen LogP contribution in [0.3, 0.4) is 0 Å². The Balaban J connectivity index is 1.75. The molecule has 138 valence electrons. The third-order valence-corrected chi connectivity index (χ3v) is 5.67. The quantitative estimate of drug-likeness (QED) is 0.289. The molecule has 1 heteroatoms. The second-order valence-electron chi connectivity index (χ2n) is 7.14. The third kappa shape index (κ3) is 3.33. The van der Waals surface area contributed by atoms with Crippen molar-refractivity contribution in [3.8, 4) is 33.4 Å². The van der Waals surface area contributed by atoms with E-state index in [9.17, 15) is 0 Å². The summed E-state index contributed by atoms with van der Waals surface area (Å²) in [6, 6.07) is 40.2. The summed E-state index contributed by atoms with van der Waals surface area (Å²) >= 11 is 6.75. The van der Waals surface area contributed by atoms with E-state index in [1.807, 2.05) is 6.07 Å². The SMILES string of the molecule is Clc1cc2ccccc2cc1-c1ccccc1-c1ccccc1-c1ccccc1. The number of hydrogen-bond donors (Lipinski definition) is 0. The van der Waals surface area contributed by atoms with Crippen molar-refractivity contribution < 1.29 is 0 Å². The summed E-state index contributed by atoms with van der Waals surface area (Å²) in [5, 5.41) is 3.12. The van der Waals surface area contributed by atoms with Gasteiger partial charge in [-0.3, -0.25) is 0 Å². The van der Waals surface area contributed by atoms with Crippen LogP contribution in [0.1, 0.15) is 0 Å². The first-order valence-electron chi connectivity index (χ1n) is 9.74. The van der Waals surface area contributed by atoms with Gasteiger partial charge < -0.3 is 0 Å². The lowest BCUT2D eigenvalue weighted by atomic mass is 9.89. The summed E-state index contributed by atoms with van der Waals surface area (Å²) in [6.07, 6.45) is 0. The van der Waals surface area contributed by atoms with E-state index in [0.29, 0.717) is 0 Å². The Kier molecular flexibility index (Phi) is 4.63. The van der Waals surface area contributed by atoms with E-state index in [4.69, 9.17) is 11.6 Å². The maximum atomic E-state index is 6.75. The van der Waals surface area contributed by atoms with Crippen molar-refractivity contribution in [3.63, 3.8) is 0 Å². The molecule has 0 amide bonds. The monoisotopic (exact) mass is 390 g/mol. The van der Waals surface area contributed by atoms with Crippen molar-refractivity contribution in [1.82, 2.24) is 0 Å². The molecule has 0 saturated carbocycles. The molecule has 5 aromatic rings. The molecule has 0 fully saturated rings. The van der Waals surface area contributed by atoms with Crippen LogP contribution in [0.15, 0.2) is 115 Å². The van der Waals surface area contributed by atoms with Crippen LogP contribution in [0.2, 0.25) is 5.02 Å². The van der Waals surface area contributed by atoms with Gasteiger partial charge in [0.25, 0.3) is 0 Å². The van der Waals surface area contributed by atoms with Crippen LogP contribution in [-0.2, 0) is 0 Å². The fourth-order valence-corrected chi connectivity index (χ4v) is 4.23. The molecule has 0 aromatic heterocycles. The predicted octanol–water partition coefficient (Wildman–Crippen LogP) is 8.49. The third-order valence-electron chi connectivity index (χ3n) is 5.35. The van der Waals surface area contributed by atoms with E-state index < -0.39 is 0 Å². The maximum absolute atomic E-state index is 6.75. The average molecular weight is 391 g/mol. The lowest BCUT2D eigenvalue weighted by Crippen LogP contribution is -1.90. The van der Waals surface area contributed by atoms with E-state index in [1.165, 1.54) is 27.6 Å². The summed E-state index contributed by atoms with van der Waals surface area (Å²) in [4.78, 5) is 0. The second kappa shape index (κ2) is 7.58. The highest BCUT2D eigenvalue weighted by molar-refractivity contribution is 6.34. The van der Waals surface area contributed by atoms with Crippen molar-refractivity contribution in [2.45, 2.75) is 0 Å². The first-order valence-corrected chi connectivity index (χ1v) is 10.1. The van der Waals surface area contributed by atoms with Gasteiger partial charge in [0.15, 0.2) is 0 Å². The standard InChI is InChI=1S/C28H19Cl/c29-28-19-22-13-5-4-12-21(22)18-27(28)26-17-9-8-16-25(26)24-15-7-6-14-23(24)20-10-2-1-3-11-20/h1-19H. The van der Waals surface area contributed by atoms with E-state index >= 15 is 0 Å². The fraction of sp³-hybridized carbons (Fsp3) is 0. The highest BCUT2D eigenvalue weighted by atomic mass is 35.5. The predicted molar refractivity (Wildman–Crippen MR) is 125 cm³/mol. The van der Waals surface area contributed by atoms with Crippen LogP contribution in [0.4, 0.5) is 0 Å². The molecular weight excluding hydrogens is 372 g/mol. The number of benzene rings is 5. The van der Waals surface area contributed by atoms with Gasteiger partial charge >= 0.3 is 0 Å². The van der Waals surface area contributed by atoms with E-state index in [0.717, 1.165) is 21.5 Å². The second-order valence-corrected chi connectivity index (χ2v) is 7.54. The minimum atomic E-state index is 0.772. The Bertz CT molecular complexity index is 1300. The van der Waals surface area contributed by atoms with Crippen molar-refractivity contribution in [2.75, 3.05) is 0 Å². The Morgan fingerprint density at radius 3 is 1.48 bits per heavy atom. The minimum absolute atomic E-state index is 0.772. The fourth-order valence-electron chi connectivity index (χ4n) is 3.96. The molecule has 0 radical (unpaired) electrons. The van der Waals surface area contributed by atoms with Crippen LogP contribution >= 0.6 is 11.6 Å². The van der Waals surface area contributed by atoms with Gasteiger partial charge in [0.2, 0.25) is 0 Å². The molecule has 0 nitrogen and oxygen atoms in total. The molecule has 0 unspecified atom stereocenters. The lowest BCUT2D eigenvalue weighted by Gasteiger charge is -2.16. The molecule has 0 spiro atoms. The van der Waals surface area contributed by atoms with Crippen LogP contribution in [0.5, 0.6) is 0 Å². The summed E-state index contributed by atoms with van der Waals surface area (Å²) in [6.45, 7) is 0. The van der Waals surface area contributed by atoms with Gasteiger partial charge in [-0.05, 0) is 50.7 Å². The molecule has 5 aromatic carbocycles. The largest absolute Gasteiger partial charge is 0.0836 e. The minimum Gasteiger partial charge on any atom is -0.0836 e. The average Bonchev–Trinajstić information content (AvgIpc) is 2.79. The Morgan fingerprint density at radius 2 is 0.828 bits per heavy atom. The summed E-state index contributed by atoms with van der Waals surface area (Å²) in [5.41, 5.74) is 7.03. The van der Waals surface area contributed by atoms with Gasteiger partial charge in [0.1, 0.15) is 0 Å². The highest BCUT2D eigenvalue weighted by Gasteiger charge is 2.14. The van der Waals surface area contributed by atoms with E-state index in [1.54, 1.807) is 0 Å². The van der Waals surface area contributed by atoms with Crippen molar-refractivity contribution in [2.24, 2.45) is 0 Å². The van der Waals surface area contributed by atoms with Crippen LogP contribution in [0.25, 0.3) is 44.2 Å². The Hall–Kier alpha value is -3.35. The molecule has 0 saturated heterocycles.